The maximum absolute atomic E-state index is 10.5. The molecule has 1 saturated carbocycles. The number of aliphatic hydroxyl groups is 1. The number of likely N-dealkylation sites (tertiary alicyclic amines) is 1. The highest BCUT2D eigenvalue weighted by atomic mass is 16.4. The molecule has 3 atom stereocenters. The first-order valence-corrected chi connectivity index (χ1v) is 3.86. The third-order valence-electron chi connectivity index (χ3n) is 2.75. The molecule has 1 aliphatic carbocycles. The third-order valence-corrected chi connectivity index (χ3v) is 2.75. The van der Waals surface area contributed by atoms with Gasteiger partial charge < -0.3 is 15.1 Å². The molecule has 2 aliphatic rings. The van der Waals surface area contributed by atoms with Gasteiger partial charge in [-0.1, -0.05) is 0 Å². The SMILES string of the molecule is O=C(O)N1C[C@H]2C[C@@H]1C[C@@H]2O. The van der Waals surface area contributed by atoms with E-state index in [1.54, 1.807) is 0 Å². The van der Waals surface area contributed by atoms with Crippen molar-refractivity contribution in [3.8, 4) is 0 Å². The standard InChI is InChI=1S/C7H11NO3/c9-6-2-5-1-4(6)3-8(5)7(10)11/h4-6,9H,1-3H2,(H,10,11)/t4-,5-,6+/m1/s1. The van der Waals surface area contributed by atoms with E-state index in [-0.39, 0.29) is 18.1 Å². The summed E-state index contributed by atoms with van der Waals surface area (Å²) in [6.45, 7) is 0.529. The minimum Gasteiger partial charge on any atom is -0.465 e. The van der Waals surface area contributed by atoms with Crippen LogP contribution in [-0.4, -0.2) is 39.9 Å². The first-order chi connectivity index (χ1) is 5.18. The molecule has 2 N–H and O–H groups in total. The molecule has 1 saturated heterocycles. The summed E-state index contributed by atoms with van der Waals surface area (Å²) in [6.07, 6.45) is 0.393. The molecule has 2 rings (SSSR count). The van der Waals surface area contributed by atoms with Crippen LogP contribution in [0.2, 0.25) is 0 Å². The van der Waals surface area contributed by atoms with Crippen LogP contribution in [-0.2, 0) is 0 Å². The van der Waals surface area contributed by atoms with Gasteiger partial charge in [0.2, 0.25) is 0 Å². The average molecular weight is 157 g/mol. The largest absolute Gasteiger partial charge is 0.465 e. The van der Waals surface area contributed by atoms with Crippen LogP contribution >= 0.6 is 0 Å². The highest BCUT2D eigenvalue weighted by Crippen LogP contribution is 2.37. The fraction of sp³-hybridized carbons (Fsp3) is 0.857. The first-order valence-electron chi connectivity index (χ1n) is 3.86. The number of amides is 1. The van der Waals surface area contributed by atoms with Crippen LogP contribution in [0.4, 0.5) is 4.79 Å². The molecule has 1 aliphatic heterocycles. The molecule has 0 spiro atoms. The molecule has 0 unspecified atom stereocenters. The number of fused-ring (bicyclic) bond motifs is 2. The minimum absolute atomic E-state index is 0.0903. The van der Waals surface area contributed by atoms with Crippen LogP contribution < -0.4 is 0 Å². The van der Waals surface area contributed by atoms with E-state index in [0.717, 1.165) is 6.42 Å². The summed E-state index contributed by atoms with van der Waals surface area (Å²) in [5.74, 6) is 0.205. The van der Waals surface area contributed by atoms with E-state index < -0.39 is 6.09 Å². The lowest BCUT2D eigenvalue weighted by Crippen LogP contribution is -2.40. The van der Waals surface area contributed by atoms with Crippen LogP contribution in [0, 0.1) is 5.92 Å². The molecule has 0 radical (unpaired) electrons. The summed E-state index contributed by atoms with van der Waals surface area (Å²) in [7, 11) is 0. The predicted octanol–water partition coefficient (Wildman–Crippen LogP) is 0.120. The fourth-order valence-corrected chi connectivity index (χ4v) is 2.16. The zero-order chi connectivity index (χ0) is 8.01. The number of aliphatic hydroxyl groups excluding tert-OH is 1. The molecule has 0 aromatic carbocycles. The Kier molecular flexibility index (Phi) is 1.32. The van der Waals surface area contributed by atoms with Gasteiger partial charge in [0.25, 0.3) is 0 Å². The smallest absolute Gasteiger partial charge is 0.407 e. The Morgan fingerprint density at radius 2 is 2.18 bits per heavy atom. The van der Waals surface area contributed by atoms with Gasteiger partial charge in [-0.3, -0.25) is 0 Å². The van der Waals surface area contributed by atoms with Crippen molar-refractivity contribution in [2.75, 3.05) is 6.54 Å². The number of nitrogens with zero attached hydrogens (tertiary/aromatic N) is 1. The van der Waals surface area contributed by atoms with Gasteiger partial charge >= 0.3 is 6.09 Å². The summed E-state index contributed by atoms with van der Waals surface area (Å²) < 4.78 is 0. The van der Waals surface area contributed by atoms with Gasteiger partial charge in [0.1, 0.15) is 0 Å². The van der Waals surface area contributed by atoms with Crippen molar-refractivity contribution in [2.24, 2.45) is 5.92 Å². The van der Waals surface area contributed by atoms with Gasteiger partial charge in [0, 0.05) is 18.5 Å². The number of carbonyl (C=O) groups is 1. The molecular weight excluding hydrogens is 146 g/mol. The Bertz CT molecular complexity index is 192. The Balaban J connectivity index is 2.08. The summed E-state index contributed by atoms with van der Waals surface area (Å²) in [6, 6.07) is 0.0903. The van der Waals surface area contributed by atoms with E-state index in [1.165, 1.54) is 4.90 Å². The molecular formula is C7H11NO3. The third kappa shape index (κ3) is 0.894. The second kappa shape index (κ2) is 2.11. The second-order valence-electron chi connectivity index (χ2n) is 3.39. The summed E-state index contributed by atoms with van der Waals surface area (Å²) in [5.41, 5.74) is 0. The normalized spacial score (nSPS) is 41.5. The van der Waals surface area contributed by atoms with E-state index in [4.69, 9.17) is 5.11 Å². The van der Waals surface area contributed by atoms with Gasteiger partial charge in [-0.15, -0.1) is 0 Å². The van der Waals surface area contributed by atoms with E-state index >= 15 is 0 Å². The van der Waals surface area contributed by atoms with Crippen molar-refractivity contribution in [3.63, 3.8) is 0 Å². The molecule has 2 bridgehead atoms. The Hall–Kier alpha value is -0.770. The predicted molar refractivity (Wildman–Crippen MR) is 37.2 cm³/mol. The summed E-state index contributed by atoms with van der Waals surface area (Å²) >= 11 is 0. The Morgan fingerprint density at radius 3 is 2.55 bits per heavy atom. The Labute approximate surface area is 64.4 Å². The van der Waals surface area contributed by atoms with Crippen LogP contribution in [0.25, 0.3) is 0 Å². The number of carboxylic acid groups (broad SMARTS) is 1. The fourth-order valence-electron chi connectivity index (χ4n) is 2.16. The molecule has 0 aromatic rings. The van der Waals surface area contributed by atoms with Crippen LogP contribution in [0.15, 0.2) is 0 Å². The van der Waals surface area contributed by atoms with Gasteiger partial charge in [-0.2, -0.15) is 0 Å². The average Bonchev–Trinajstić information content (AvgIpc) is 2.43. The maximum atomic E-state index is 10.5. The van der Waals surface area contributed by atoms with E-state index in [9.17, 15) is 9.90 Å². The summed E-state index contributed by atoms with van der Waals surface area (Å²) in [5, 5.41) is 18.0. The molecule has 62 valence electrons. The van der Waals surface area contributed by atoms with E-state index in [0.29, 0.717) is 13.0 Å². The van der Waals surface area contributed by atoms with Gasteiger partial charge in [0.15, 0.2) is 0 Å². The lowest BCUT2D eigenvalue weighted by molar-refractivity contribution is 0.0705. The van der Waals surface area contributed by atoms with Crippen molar-refractivity contribution in [1.29, 1.82) is 0 Å². The molecule has 4 heteroatoms. The topological polar surface area (TPSA) is 60.8 Å². The van der Waals surface area contributed by atoms with E-state index in [2.05, 4.69) is 0 Å². The molecule has 1 heterocycles. The van der Waals surface area contributed by atoms with Gasteiger partial charge in [-0.25, -0.2) is 4.79 Å². The monoisotopic (exact) mass is 157 g/mol. The van der Waals surface area contributed by atoms with Crippen molar-refractivity contribution >= 4 is 6.09 Å². The molecule has 0 aromatic heterocycles. The first kappa shape index (κ1) is 6.91. The van der Waals surface area contributed by atoms with Crippen LogP contribution in [0.1, 0.15) is 12.8 Å². The van der Waals surface area contributed by atoms with Crippen molar-refractivity contribution in [3.05, 3.63) is 0 Å². The van der Waals surface area contributed by atoms with Crippen molar-refractivity contribution in [1.82, 2.24) is 4.90 Å². The zero-order valence-corrected chi connectivity index (χ0v) is 6.10. The van der Waals surface area contributed by atoms with Gasteiger partial charge in [-0.05, 0) is 12.8 Å². The van der Waals surface area contributed by atoms with Crippen LogP contribution in [0.5, 0.6) is 0 Å². The Morgan fingerprint density at radius 1 is 1.45 bits per heavy atom. The highest BCUT2D eigenvalue weighted by Gasteiger charge is 2.45. The zero-order valence-electron chi connectivity index (χ0n) is 6.10. The number of hydrogen-bond donors (Lipinski definition) is 2. The molecule has 11 heavy (non-hydrogen) atoms. The molecule has 4 nitrogen and oxygen atoms in total. The van der Waals surface area contributed by atoms with E-state index in [1.807, 2.05) is 0 Å². The molecule has 2 fully saturated rings. The summed E-state index contributed by atoms with van der Waals surface area (Å²) in [4.78, 5) is 12.0. The minimum atomic E-state index is -0.843. The number of piperidine rings is 1. The number of rotatable bonds is 0. The quantitative estimate of drug-likeness (QED) is 0.525. The second-order valence-corrected chi connectivity index (χ2v) is 3.39. The lowest BCUT2D eigenvalue weighted by atomic mass is 10.1. The maximum Gasteiger partial charge on any atom is 0.407 e. The molecule has 1 amide bonds. The van der Waals surface area contributed by atoms with Gasteiger partial charge in [0.05, 0.1) is 6.10 Å². The van der Waals surface area contributed by atoms with Crippen molar-refractivity contribution in [2.45, 2.75) is 25.0 Å². The van der Waals surface area contributed by atoms with Crippen molar-refractivity contribution < 1.29 is 15.0 Å². The highest BCUT2D eigenvalue weighted by molar-refractivity contribution is 5.66. The number of hydrogen-bond acceptors (Lipinski definition) is 2. The lowest BCUT2D eigenvalue weighted by Gasteiger charge is -2.26. The van der Waals surface area contributed by atoms with Crippen LogP contribution in [0.3, 0.4) is 0 Å².